The quantitative estimate of drug-likeness (QED) is 0.878. The first-order chi connectivity index (χ1) is 8.56. The lowest BCUT2D eigenvalue weighted by atomic mass is 10.3. The van der Waals surface area contributed by atoms with Gasteiger partial charge < -0.3 is 9.84 Å². The molecule has 7 heteroatoms. The van der Waals surface area contributed by atoms with E-state index in [4.69, 9.17) is 27.7 Å². The van der Waals surface area contributed by atoms with Gasteiger partial charge in [0, 0.05) is 6.07 Å². The van der Waals surface area contributed by atoms with Crippen LogP contribution in [0.25, 0.3) is 0 Å². The van der Waals surface area contributed by atoms with Crippen LogP contribution in [0.3, 0.4) is 0 Å². The van der Waals surface area contributed by atoms with Gasteiger partial charge in [-0.25, -0.2) is 4.79 Å². The van der Waals surface area contributed by atoms with Crippen LogP contribution in [0.1, 0.15) is 5.76 Å². The highest BCUT2D eigenvalue weighted by atomic mass is 35.5. The molecule has 18 heavy (non-hydrogen) atoms. The maximum absolute atomic E-state index is 11.7. The number of rotatable bonds is 2. The normalized spacial score (nSPS) is 10.2. The van der Waals surface area contributed by atoms with Gasteiger partial charge in [-0.1, -0.05) is 34.4 Å². The lowest BCUT2D eigenvalue weighted by Gasteiger charge is -2.08. The Morgan fingerprint density at radius 3 is 2.50 bits per heavy atom. The van der Waals surface area contributed by atoms with Crippen molar-refractivity contribution in [2.24, 2.45) is 0 Å². The van der Waals surface area contributed by atoms with E-state index >= 15 is 0 Å². The fraction of sp³-hybridized carbons (Fsp3) is 0.0909. The number of hydrogen-bond acceptors (Lipinski definition) is 3. The van der Waals surface area contributed by atoms with Crippen molar-refractivity contribution in [2.75, 3.05) is 10.6 Å². The molecule has 5 nitrogen and oxygen atoms in total. The highest BCUT2D eigenvalue weighted by Crippen LogP contribution is 2.29. The van der Waals surface area contributed by atoms with Gasteiger partial charge >= 0.3 is 6.03 Å². The van der Waals surface area contributed by atoms with Crippen molar-refractivity contribution in [3.8, 4) is 0 Å². The first kappa shape index (κ1) is 12.7. The lowest BCUT2D eigenvalue weighted by Crippen LogP contribution is -2.20. The summed E-state index contributed by atoms with van der Waals surface area (Å²) in [5, 5.41) is 9.37. The zero-order valence-electron chi connectivity index (χ0n) is 9.33. The van der Waals surface area contributed by atoms with E-state index in [0.717, 1.165) is 0 Å². The number of nitrogens with one attached hydrogen (secondary N) is 2. The molecule has 0 spiro atoms. The molecule has 2 amide bonds. The molecule has 0 aliphatic carbocycles. The van der Waals surface area contributed by atoms with E-state index in [1.807, 2.05) is 0 Å². The fourth-order valence-electron chi connectivity index (χ4n) is 1.30. The third-order valence-electron chi connectivity index (χ3n) is 2.07. The number of anilines is 2. The van der Waals surface area contributed by atoms with Gasteiger partial charge in [-0.2, -0.15) is 0 Å². The highest BCUT2D eigenvalue weighted by Gasteiger charge is 2.10. The SMILES string of the molecule is Cc1cc(NC(=O)Nc2c(Cl)cccc2Cl)no1. The molecule has 2 rings (SSSR count). The molecule has 0 saturated heterocycles. The van der Waals surface area contributed by atoms with E-state index in [9.17, 15) is 4.79 Å². The number of nitrogens with zero attached hydrogens (tertiary/aromatic N) is 1. The molecule has 0 saturated carbocycles. The fourth-order valence-corrected chi connectivity index (χ4v) is 1.80. The van der Waals surface area contributed by atoms with Crippen molar-refractivity contribution in [2.45, 2.75) is 6.92 Å². The summed E-state index contributed by atoms with van der Waals surface area (Å²) in [7, 11) is 0. The van der Waals surface area contributed by atoms with Crippen molar-refractivity contribution in [1.29, 1.82) is 0 Å². The minimum Gasteiger partial charge on any atom is -0.360 e. The molecule has 1 aromatic carbocycles. The van der Waals surface area contributed by atoms with E-state index in [-0.39, 0.29) is 0 Å². The van der Waals surface area contributed by atoms with Gasteiger partial charge in [0.25, 0.3) is 0 Å². The van der Waals surface area contributed by atoms with Crippen molar-refractivity contribution in [3.05, 3.63) is 40.1 Å². The second-order valence-corrected chi connectivity index (χ2v) is 4.31. The number of para-hydroxylation sites is 1. The first-order valence-corrected chi connectivity index (χ1v) is 5.77. The molecular weight excluding hydrogens is 277 g/mol. The third-order valence-corrected chi connectivity index (χ3v) is 2.70. The number of amides is 2. The lowest BCUT2D eigenvalue weighted by molar-refractivity contribution is 0.262. The second kappa shape index (κ2) is 5.29. The van der Waals surface area contributed by atoms with Gasteiger partial charge in [0.1, 0.15) is 5.76 Å². The van der Waals surface area contributed by atoms with Crippen LogP contribution in [0.15, 0.2) is 28.8 Å². The van der Waals surface area contributed by atoms with Crippen LogP contribution in [0.2, 0.25) is 10.0 Å². The standard InChI is InChI=1S/C11H9Cl2N3O2/c1-6-5-9(16-18-6)14-11(17)15-10-7(12)3-2-4-8(10)13/h2-5H,1H3,(H2,14,15,16,17). The van der Waals surface area contributed by atoms with E-state index in [0.29, 0.717) is 27.3 Å². The zero-order chi connectivity index (χ0) is 13.1. The largest absolute Gasteiger partial charge is 0.360 e. The molecule has 0 unspecified atom stereocenters. The van der Waals surface area contributed by atoms with E-state index in [1.54, 1.807) is 31.2 Å². The molecule has 1 heterocycles. The molecule has 0 radical (unpaired) electrons. The smallest absolute Gasteiger partial charge is 0.325 e. The van der Waals surface area contributed by atoms with Gasteiger partial charge in [0.05, 0.1) is 15.7 Å². The molecule has 94 valence electrons. The molecule has 0 aliphatic rings. The Hall–Kier alpha value is -1.72. The average Bonchev–Trinajstić information content (AvgIpc) is 2.69. The molecule has 0 aliphatic heterocycles. The maximum atomic E-state index is 11.7. The minimum atomic E-state index is -0.502. The van der Waals surface area contributed by atoms with Gasteiger partial charge in [-0.15, -0.1) is 0 Å². The molecule has 2 aromatic rings. The van der Waals surface area contributed by atoms with Crippen LogP contribution >= 0.6 is 23.2 Å². The molecular formula is C11H9Cl2N3O2. The Balaban J connectivity index is 2.08. The monoisotopic (exact) mass is 285 g/mol. The van der Waals surface area contributed by atoms with Gasteiger partial charge in [-0.3, -0.25) is 5.32 Å². The minimum absolute atomic E-state index is 0.313. The van der Waals surface area contributed by atoms with Gasteiger partial charge in [0.15, 0.2) is 5.82 Å². The van der Waals surface area contributed by atoms with Crippen LogP contribution in [0.5, 0.6) is 0 Å². The van der Waals surface area contributed by atoms with Crippen LogP contribution in [-0.4, -0.2) is 11.2 Å². The molecule has 0 fully saturated rings. The number of carbonyl (C=O) groups is 1. The predicted octanol–water partition coefficient (Wildman–Crippen LogP) is 3.93. The molecule has 0 bridgehead atoms. The van der Waals surface area contributed by atoms with Crippen LogP contribution in [0.4, 0.5) is 16.3 Å². The van der Waals surface area contributed by atoms with E-state index in [1.165, 1.54) is 0 Å². The average molecular weight is 286 g/mol. The number of urea groups is 1. The van der Waals surface area contributed by atoms with Crippen molar-refractivity contribution < 1.29 is 9.32 Å². The van der Waals surface area contributed by atoms with Crippen LogP contribution < -0.4 is 10.6 Å². The third kappa shape index (κ3) is 2.94. The summed E-state index contributed by atoms with van der Waals surface area (Å²) < 4.78 is 4.82. The van der Waals surface area contributed by atoms with Crippen LogP contribution in [0, 0.1) is 6.92 Å². The Bertz CT molecular complexity index is 563. The summed E-state index contributed by atoms with van der Waals surface area (Å²) in [6.07, 6.45) is 0. The van der Waals surface area contributed by atoms with Crippen LogP contribution in [-0.2, 0) is 0 Å². The number of halogens is 2. The van der Waals surface area contributed by atoms with E-state index < -0.39 is 6.03 Å². The van der Waals surface area contributed by atoms with Crippen molar-refractivity contribution in [3.63, 3.8) is 0 Å². The zero-order valence-corrected chi connectivity index (χ0v) is 10.8. The van der Waals surface area contributed by atoms with Gasteiger partial charge in [-0.05, 0) is 19.1 Å². The second-order valence-electron chi connectivity index (χ2n) is 3.50. The molecule has 0 atom stereocenters. The van der Waals surface area contributed by atoms with Crippen molar-refractivity contribution >= 4 is 40.7 Å². The van der Waals surface area contributed by atoms with Crippen molar-refractivity contribution in [1.82, 2.24) is 5.16 Å². The summed E-state index contributed by atoms with van der Waals surface area (Å²) in [5.41, 5.74) is 0.346. The Kier molecular flexibility index (Phi) is 3.74. The Labute approximate surface area is 113 Å². The summed E-state index contributed by atoms with van der Waals surface area (Å²) in [6, 6.07) is 6.04. The topological polar surface area (TPSA) is 67.2 Å². The maximum Gasteiger partial charge on any atom is 0.325 e. The molecule has 1 aromatic heterocycles. The number of hydrogen-bond donors (Lipinski definition) is 2. The molecule has 2 N–H and O–H groups in total. The van der Waals surface area contributed by atoms with E-state index in [2.05, 4.69) is 15.8 Å². The summed E-state index contributed by atoms with van der Waals surface area (Å²) in [6.45, 7) is 1.72. The highest BCUT2D eigenvalue weighted by molar-refractivity contribution is 6.39. The van der Waals surface area contributed by atoms with Gasteiger partial charge in [0.2, 0.25) is 0 Å². The summed E-state index contributed by atoms with van der Waals surface area (Å²) >= 11 is 11.8. The predicted molar refractivity (Wildman–Crippen MR) is 70.3 cm³/mol. The first-order valence-electron chi connectivity index (χ1n) is 5.01. The number of aryl methyl sites for hydroxylation is 1. The number of carbonyl (C=O) groups excluding carboxylic acids is 1. The summed E-state index contributed by atoms with van der Waals surface area (Å²) in [5.74, 6) is 0.911. The Morgan fingerprint density at radius 2 is 1.94 bits per heavy atom. The number of aromatic nitrogens is 1. The summed E-state index contributed by atoms with van der Waals surface area (Å²) in [4.78, 5) is 11.7. The Morgan fingerprint density at radius 1 is 1.28 bits per heavy atom. The number of benzene rings is 1.